The standard InChI is InChI=1S/C10H10N2O.C2H7N/c1-2-4-9-8(3-1)10-7-13-6-5-12(10)11-9;1-3-2/h1-4H,5-7H2;3H,1-2H3. The van der Waals surface area contributed by atoms with E-state index in [-0.39, 0.29) is 0 Å². The summed E-state index contributed by atoms with van der Waals surface area (Å²) in [5.41, 5.74) is 2.28. The van der Waals surface area contributed by atoms with E-state index in [1.54, 1.807) is 0 Å². The lowest BCUT2D eigenvalue weighted by atomic mass is 10.2. The Bertz CT molecular complexity index is 464. The van der Waals surface area contributed by atoms with Crippen LogP contribution in [0.15, 0.2) is 24.3 Å². The van der Waals surface area contributed by atoms with Crippen molar-refractivity contribution in [3.8, 4) is 0 Å². The summed E-state index contributed by atoms with van der Waals surface area (Å²) in [6.07, 6.45) is 0. The fourth-order valence-corrected chi connectivity index (χ4v) is 1.79. The number of benzene rings is 1. The molecule has 1 aliphatic rings. The molecule has 0 unspecified atom stereocenters. The summed E-state index contributed by atoms with van der Waals surface area (Å²) in [4.78, 5) is 0. The van der Waals surface area contributed by atoms with Gasteiger partial charge < -0.3 is 10.1 Å². The van der Waals surface area contributed by atoms with Gasteiger partial charge in [0, 0.05) is 5.39 Å². The molecule has 16 heavy (non-hydrogen) atoms. The lowest BCUT2D eigenvalue weighted by Crippen LogP contribution is -2.16. The fraction of sp³-hybridized carbons (Fsp3) is 0.417. The average Bonchev–Trinajstić information content (AvgIpc) is 2.68. The molecule has 1 N–H and O–H groups in total. The van der Waals surface area contributed by atoms with Crippen LogP contribution in [-0.4, -0.2) is 30.5 Å². The Morgan fingerprint density at radius 3 is 2.88 bits per heavy atom. The Balaban J connectivity index is 0.000000292. The van der Waals surface area contributed by atoms with Crippen LogP contribution in [0.25, 0.3) is 10.9 Å². The zero-order chi connectivity index (χ0) is 11.4. The van der Waals surface area contributed by atoms with Gasteiger partial charge in [-0.25, -0.2) is 0 Å². The molecule has 2 aromatic rings. The average molecular weight is 219 g/mol. The molecule has 0 radical (unpaired) electrons. The number of fused-ring (bicyclic) bond motifs is 3. The maximum atomic E-state index is 5.40. The van der Waals surface area contributed by atoms with E-state index in [1.165, 1.54) is 11.1 Å². The van der Waals surface area contributed by atoms with Crippen molar-refractivity contribution in [2.24, 2.45) is 0 Å². The molecule has 1 aromatic carbocycles. The molecule has 0 atom stereocenters. The van der Waals surface area contributed by atoms with Crippen LogP contribution in [-0.2, 0) is 17.9 Å². The van der Waals surface area contributed by atoms with Gasteiger partial charge in [-0.15, -0.1) is 0 Å². The largest absolute Gasteiger partial charge is 0.373 e. The van der Waals surface area contributed by atoms with Crippen molar-refractivity contribution < 1.29 is 4.74 Å². The SMILES string of the molecule is CNC.c1ccc2c3n(nc2c1)CCOC3. The number of hydrogen-bond acceptors (Lipinski definition) is 3. The first-order valence-electron chi connectivity index (χ1n) is 5.47. The summed E-state index contributed by atoms with van der Waals surface area (Å²) in [6, 6.07) is 8.20. The van der Waals surface area contributed by atoms with Crippen LogP contribution < -0.4 is 5.32 Å². The van der Waals surface area contributed by atoms with Gasteiger partial charge in [-0.2, -0.15) is 5.10 Å². The van der Waals surface area contributed by atoms with Gasteiger partial charge in [0.05, 0.1) is 31.0 Å². The maximum Gasteiger partial charge on any atom is 0.0927 e. The monoisotopic (exact) mass is 219 g/mol. The van der Waals surface area contributed by atoms with E-state index in [0.717, 1.165) is 18.7 Å². The summed E-state index contributed by atoms with van der Waals surface area (Å²) in [5.74, 6) is 0. The molecule has 2 heterocycles. The fourth-order valence-electron chi connectivity index (χ4n) is 1.79. The first kappa shape index (κ1) is 11.1. The predicted molar refractivity (Wildman–Crippen MR) is 64.4 cm³/mol. The van der Waals surface area contributed by atoms with E-state index >= 15 is 0 Å². The molecule has 0 bridgehead atoms. The highest BCUT2D eigenvalue weighted by molar-refractivity contribution is 5.81. The molecule has 4 heteroatoms. The highest BCUT2D eigenvalue weighted by Crippen LogP contribution is 2.20. The molecular formula is C12H17N3O. The van der Waals surface area contributed by atoms with Gasteiger partial charge in [0.1, 0.15) is 0 Å². The number of rotatable bonds is 0. The predicted octanol–water partition coefficient (Wildman–Crippen LogP) is 1.40. The van der Waals surface area contributed by atoms with Crippen LogP contribution in [0.1, 0.15) is 5.69 Å². The van der Waals surface area contributed by atoms with Gasteiger partial charge in [-0.05, 0) is 20.2 Å². The minimum Gasteiger partial charge on any atom is -0.373 e. The van der Waals surface area contributed by atoms with Crippen molar-refractivity contribution in [3.05, 3.63) is 30.0 Å². The molecule has 1 aliphatic heterocycles. The van der Waals surface area contributed by atoms with Gasteiger partial charge in [-0.3, -0.25) is 4.68 Å². The summed E-state index contributed by atoms with van der Waals surface area (Å²) in [5, 5.41) is 8.46. The Morgan fingerprint density at radius 1 is 1.31 bits per heavy atom. The number of nitrogens with one attached hydrogen (secondary N) is 1. The first-order valence-corrected chi connectivity index (χ1v) is 5.47. The van der Waals surface area contributed by atoms with Crippen molar-refractivity contribution in [2.75, 3.05) is 20.7 Å². The molecule has 0 aliphatic carbocycles. The van der Waals surface area contributed by atoms with Gasteiger partial charge in [-0.1, -0.05) is 18.2 Å². The van der Waals surface area contributed by atoms with Crippen molar-refractivity contribution in [2.45, 2.75) is 13.2 Å². The van der Waals surface area contributed by atoms with E-state index in [9.17, 15) is 0 Å². The third-order valence-electron chi connectivity index (χ3n) is 2.44. The second-order valence-corrected chi connectivity index (χ2v) is 3.74. The van der Waals surface area contributed by atoms with Gasteiger partial charge in [0.15, 0.2) is 0 Å². The van der Waals surface area contributed by atoms with Crippen molar-refractivity contribution in [1.29, 1.82) is 0 Å². The minimum absolute atomic E-state index is 0.695. The van der Waals surface area contributed by atoms with Crippen LogP contribution >= 0.6 is 0 Å². The Labute approximate surface area is 95.2 Å². The van der Waals surface area contributed by atoms with E-state index < -0.39 is 0 Å². The first-order chi connectivity index (χ1) is 7.86. The summed E-state index contributed by atoms with van der Waals surface area (Å²) in [6.45, 7) is 2.35. The summed E-state index contributed by atoms with van der Waals surface area (Å²) in [7, 11) is 3.75. The van der Waals surface area contributed by atoms with Crippen LogP contribution in [0.5, 0.6) is 0 Å². The van der Waals surface area contributed by atoms with E-state index in [0.29, 0.717) is 6.61 Å². The van der Waals surface area contributed by atoms with Crippen molar-refractivity contribution in [3.63, 3.8) is 0 Å². The van der Waals surface area contributed by atoms with Gasteiger partial charge in [0.2, 0.25) is 0 Å². The van der Waals surface area contributed by atoms with Crippen LogP contribution in [0.2, 0.25) is 0 Å². The lowest BCUT2D eigenvalue weighted by Gasteiger charge is -2.13. The Kier molecular flexibility index (Phi) is 3.54. The molecule has 0 fully saturated rings. The summed E-state index contributed by atoms with van der Waals surface area (Å²) >= 11 is 0. The van der Waals surface area contributed by atoms with Crippen LogP contribution in [0.4, 0.5) is 0 Å². The molecule has 1 aromatic heterocycles. The third-order valence-corrected chi connectivity index (χ3v) is 2.44. The normalized spacial score (nSPS) is 14.1. The zero-order valence-corrected chi connectivity index (χ0v) is 9.73. The molecule has 3 rings (SSSR count). The number of ether oxygens (including phenoxy) is 1. The third kappa shape index (κ3) is 2.08. The second kappa shape index (κ2) is 5.09. The molecule has 0 spiro atoms. The Hall–Kier alpha value is -1.39. The maximum absolute atomic E-state index is 5.40. The molecular weight excluding hydrogens is 202 g/mol. The molecule has 4 nitrogen and oxygen atoms in total. The van der Waals surface area contributed by atoms with Gasteiger partial charge >= 0.3 is 0 Å². The Morgan fingerprint density at radius 2 is 2.06 bits per heavy atom. The van der Waals surface area contributed by atoms with Crippen LogP contribution in [0.3, 0.4) is 0 Å². The van der Waals surface area contributed by atoms with Crippen molar-refractivity contribution in [1.82, 2.24) is 15.1 Å². The minimum atomic E-state index is 0.695. The number of nitrogens with zero attached hydrogens (tertiary/aromatic N) is 2. The lowest BCUT2D eigenvalue weighted by molar-refractivity contribution is 0.0812. The van der Waals surface area contributed by atoms with Gasteiger partial charge in [0.25, 0.3) is 0 Å². The highest BCUT2D eigenvalue weighted by Gasteiger charge is 2.13. The number of aromatic nitrogens is 2. The molecule has 86 valence electrons. The van der Waals surface area contributed by atoms with E-state index in [1.807, 2.05) is 37.0 Å². The van der Waals surface area contributed by atoms with Crippen molar-refractivity contribution >= 4 is 10.9 Å². The number of hydrogen-bond donors (Lipinski definition) is 1. The molecule has 0 saturated heterocycles. The molecule has 0 amide bonds. The quantitative estimate of drug-likeness (QED) is 0.728. The molecule has 0 saturated carbocycles. The van der Waals surface area contributed by atoms with Crippen LogP contribution in [0, 0.1) is 0 Å². The topological polar surface area (TPSA) is 39.1 Å². The smallest absolute Gasteiger partial charge is 0.0927 e. The zero-order valence-electron chi connectivity index (χ0n) is 9.73. The second-order valence-electron chi connectivity index (χ2n) is 3.74. The van der Waals surface area contributed by atoms with E-state index in [4.69, 9.17) is 4.74 Å². The summed E-state index contributed by atoms with van der Waals surface area (Å²) < 4.78 is 7.45. The van der Waals surface area contributed by atoms with E-state index in [2.05, 4.69) is 16.5 Å². The highest BCUT2D eigenvalue weighted by atomic mass is 16.5.